The van der Waals surface area contributed by atoms with Gasteiger partial charge in [-0.15, -0.1) is 0 Å². The minimum atomic E-state index is -0.703. The Kier molecular flexibility index (Phi) is 21.6. The van der Waals surface area contributed by atoms with E-state index in [0.29, 0.717) is 0 Å². The van der Waals surface area contributed by atoms with Gasteiger partial charge in [0.15, 0.2) is 0 Å². The molecule has 0 saturated carbocycles. The van der Waals surface area contributed by atoms with Crippen molar-refractivity contribution in [3.63, 3.8) is 0 Å². The second-order valence-corrected chi connectivity index (χ2v) is 42.1. The van der Waals surface area contributed by atoms with Crippen LogP contribution in [0.15, 0.2) is 498 Å². The molecule has 0 saturated heterocycles. The second kappa shape index (κ2) is 35.3. The molecule has 0 fully saturated rings. The molecule has 2 aliphatic rings. The molecule has 7 nitrogen and oxygen atoms in total. The molecule has 0 radical (unpaired) electrons. The zero-order chi connectivity index (χ0) is 98.0. The van der Waals surface area contributed by atoms with Crippen LogP contribution in [0, 0.1) is 0 Å². The summed E-state index contributed by atoms with van der Waals surface area (Å²) in [6.45, 7) is 20.6. The monoisotopic (exact) mass is 1860 g/mol. The number of fused-ring (bicyclic) bond motifs is 12. The highest BCUT2D eigenvalue weighted by molar-refractivity contribution is 6.11. The van der Waals surface area contributed by atoms with Crippen molar-refractivity contribution in [2.24, 2.45) is 0 Å². The molecular weight excluding hydrogens is 1760 g/mol. The molecule has 0 spiro atoms. The lowest BCUT2D eigenvalue weighted by Gasteiger charge is -2.36. The summed E-state index contributed by atoms with van der Waals surface area (Å²) in [4.78, 5) is 17.0. The van der Waals surface area contributed by atoms with E-state index in [-0.39, 0.29) is 16.2 Å². The van der Waals surface area contributed by atoms with Crippen LogP contribution in [0.2, 0.25) is 0 Å². The van der Waals surface area contributed by atoms with Gasteiger partial charge in [0.1, 0.15) is 0 Å². The second-order valence-electron chi connectivity index (χ2n) is 42.1. The summed E-state index contributed by atoms with van der Waals surface area (Å²) in [6.07, 6.45) is 7.91. The van der Waals surface area contributed by atoms with Gasteiger partial charge >= 0.3 is 0 Å². The minimum Gasteiger partial charge on any atom is -0.311 e. The van der Waals surface area contributed by atoms with Gasteiger partial charge in [-0.1, -0.05) is 366 Å². The predicted octanol–water partition coefficient (Wildman–Crippen LogP) is 36.4. The Balaban J connectivity index is 0.550. The molecule has 4 heterocycles. The molecule has 0 atom stereocenters. The average Bonchev–Trinajstić information content (AvgIpc) is 1.53. The highest BCUT2D eigenvalue weighted by Gasteiger charge is 2.48. The van der Waals surface area contributed by atoms with Gasteiger partial charge in [0, 0.05) is 131 Å². The Labute approximate surface area is 849 Å². The van der Waals surface area contributed by atoms with Crippen LogP contribution >= 0.6 is 0 Å². The fourth-order valence-electron chi connectivity index (χ4n) is 23.3. The minimum absolute atomic E-state index is 0.0300. The Morgan fingerprint density at radius 2 is 0.372 bits per heavy atom. The maximum absolute atomic E-state index is 4.87. The zero-order valence-corrected chi connectivity index (χ0v) is 83.0. The van der Waals surface area contributed by atoms with Crippen molar-refractivity contribution in [2.75, 3.05) is 14.7 Å². The molecule has 696 valence electrons. The van der Waals surface area contributed by atoms with E-state index in [4.69, 9.17) is 9.97 Å². The molecule has 0 unspecified atom stereocenters. The third-order valence-corrected chi connectivity index (χ3v) is 30.6. The van der Waals surface area contributed by atoms with Gasteiger partial charge in [-0.3, -0.25) is 9.97 Å². The number of rotatable bonds is 19. The van der Waals surface area contributed by atoms with Gasteiger partial charge in [-0.05, 0) is 292 Å². The standard InChI is InChI=1S/C138H109N7/c1-134(2,3)100-50-72-109(73-51-100)141(107-64-42-92(43-65-107)96-86-98(90-139-88-96)94-46-68-116(69-47-94)144-130-38-22-14-30-122(130)123-31-15-23-39-131(123)144)112-78-56-103(57-79-112)137(126-34-18-10-26-118(126)119-27-11-19-35-127(119)137)105-60-82-114(83-61-105)143(111-76-54-102(55-77-111)136(7,8)9)115-84-62-106(63-85-115)138(128-36-20-12-28-120(128)121-29-13-21-37-129(121)138)104-58-80-113(81-59-104)142(110-74-52-101(53-75-110)135(4,5)6)108-66-44-93(45-67-108)97-87-99(91-140-89-97)95-48-70-117(71-49-95)145-132-40-24-16-32-124(132)125-33-17-25-41-133(125)145/h10-91H,1-9H3. The van der Waals surface area contributed by atoms with Crippen molar-refractivity contribution in [3.05, 3.63) is 559 Å². The summed E-state index contributed by atoms with van der Waals surface area (Å²) in [7, 11) is 0. The van der Waals surface area contributed by atoms with Crippen LogP contribution in [0.1, 0.15) is 124 Å². The topological polar surface area (TPSA) is 45.4 Å². The summed E-state index contributed by atoms with van der Waals surface area (Å²) in [5.74, 6) is 0. The molecule has 4 aromatic heterocycles. The third kappa shape index (κ3) is 15.3. The number of aromatic nitrogens is 4. The molecular formula is C138H109N7. The largest absolute Gasteiger partial charge is 0.311 e. The van der Waals surface area contributed by atoms with Crippen LogP contribution in [0.5, 0.6) is 0 Å². The van der Waals surface area contributed by atoms with E-state index in [0.717, 1.165) is 107 Å². The van der Waals surface area contributed by atoms with Crippen LogP contribution in [0.25, 0.3) is 122 Å². The summed E-state index contributed by atoms with van der Waals surface area (Å²) >= 11 is 0. The Bertz CT molecular complexity index is 8150. The lowest BCUT2D eigenvalue weighted by molar-refractivity contribution is 0.590. The van der Waals surface area contributed by atoms with Gasteiger partial charge in [-0.25, -0.2) is 0 Å². The Morgan fingerprint density at radius 1 is 0.186 bits per heavy atom. The van der Waals surface area contributed by atoms with E-state index in [1.807, 2.05) is 24.8 Å². The molecule has 145 heavy (non-hydrogen) atoms. The maximum Gasteiger partial charge on any atom is 0.0713 e. The molecule has 0 N–H and O–H groups in total. The first-order valence-corrected chi connectivity index (χ1v) is 50.6. The maximum atomic E-state index is 4.87. The number of hydrogen-bond donors (Lipinski definition) is 0. The molecule has 19 aromatic carbocycles. The highest BCUT2D eigenvalue weighted by atomic mass is 15.2. The van der Waals surface area contributed by atoms with Crippen molar-refractivity contribution in [2.45, 2.75) is 89.4 Å². The first-order chi connectivity index (χ1) is 70.8. The normalized spacial score (nSPS) is 13.0. The van der Waals surface area contributed by atoms with Crippen LogP contribution in [0.4, 0.5) is 51.2 Å². The summed E-state index contributed by atoms with van der Waals surface area (Å²) in [6, 6.07) is 177. The Hall–Kier alpha value is -17.5. The molecule has 2 aliphatic carbocycles. The van der Waals surface area contributed by atoms with Gasteiger partial charge < -0.3 is 23.8 Å². The van der Waals surface area contributed by atoms with E-state index in [9.17, 15) is 0 Å². The number of para-hydroxylation sites is 4. The summed E-state index contributed by atoms with van der Waals surface area (Å²) < 4.78 is 4.73. The summed E-state index contributed by atoms with van der Waals surface area (Å²) in [5, 5.41) is 5.00. The van der Waals surface area contributed by atoms with Gasteiger partial charge in [0.2, 0.25) is 0 Å². The fraction of sp³-hybridized carbons (Fsp3) is 0.101. The molecule has 25 rings (SSSR count). The molecule has 7 heteroatoms. The van der Waals surface area contributed by atoms with Crippen LogP contribution < -0.4 is 14.7 Å². The SMILES string of the molecule is CC(C)(C)c1ccc(N(c2ccc(-c3cncc(-c4ccc(-n5c6ccccc6c6ccccc65)cc4)c3)cc2)c2ccc(C3(c4ccc(N(c5ccc(C(C)(C)C)cc5)c5ccc(C6(c7ccc(N(c8ccc(-c9cncc(-c%10ccc(-n%11c%12ccccc%12c%12ccccc%12%11)cc%10)c9)cc8)c8ccc(C(C)(C)C)cc8)cc7)c7ccccc7-c7ccccc76)cc5)cc4)c4ccccc4-c4ccccc43)cc2)cc1. The molecule has 23 aromatic rings. The lowest BCUT2D eigenvalue weighted by atomic mass is 9.67. The van der Waals surface area contributed by atoms with Crippen molar-refractivity contribution in [1.82, 2.24) is 19.1 Å². The Morgan fingerprint density at radius 3 is 0.593 bits per heavy atom. The number of hydrogen-bond acceptors (Lipinski definition) is 5. The number of anilines is 9. The fourth-order valence-corrected chi connectivity index (χ4v) is 23.3. The van der Waals surface area contributed by atoms with Crippen molar-refractivity contribution in [3.8, 4) is 78.1 Å². The average molecular weight is 1870 g/mol. The van der Waals surface area contributed by atoms with Crippen molar-refractivity contribution < 1.29 is 0 Å². The van der Waals surface area contributed by atoms with Crippen LogP contribution in [0.3, 0.4) is 0 Å². The molecule has 0 bridgehead atoms. The molecule has 0 aliphatic heterocycles. The third-order valence-electron chi connectivity index (χ3n) is 30.6. The first-order valence-electron chi connectivity index (χ1n) is 50.6. The number of pyridine rings is 2. The van der Waals surface area contributed by atoms with E-state index >= 15 is 0 Å². The van der Waals surface area contributed by atoms with E-state index in [1.165, 1.54) is 127 Å². The zero-order valence-electron chi connectivity index (χ0n) is 83.0. The van der Waals surface area contributed by atoms with Gasteiger partial charge in [-0.2, -0.15) is 0 Å². The first kappa shape index (κ1) is 88.9. The predicted molar refractivity (Wildman–Crippen MR) is 607 cm³/mol. The van der Waals surface area contributed by atoms with E-state index in [2.05, 4.69) is 559 Å². The number of benzene rings is 19. The number of nitrogens with zero attached hydrogens (tertiary/aromatic N) is 7. The van der Waals surface area contributed by atoms with E-state index in [1.54, 1.807) is 0 Å². The van der Waals surface area contributed by atoms with Crippen LogP contribution in [-0.2, 0) is 27.1 Å². The van der Waals surface area contributed by atoms with E-state index < -0.39 is 10.8 Å². The van der Waals surface area contributed by atoms with Gasteiger partial charge in [0.05, 0.1) is 32.9 Å². The summed E-state index contributed by atoms with van der Waals surface area (Å²) in [5.41, 5.74) is 42.1. The van der Waals surface area contributed by atoms with Crippen molar-refractivity contribution in [1.29, 1.82) is 0 Å². The highest BCUT2D eigenvalue weighted by Crippen LogP contribution is 2.60. The molecule has 0 amide bonds. The van der Waals surface area contributed by atoms with Crippen LogP contribution in [-0.4, -0.2) is 19.1 Å². The smallest absolute Gasteiger partial charge is 0.0713 e. The lowest BCUT2D eigenvalue weighted by Crippen LogP contribution is -2.29. The quantitative estimate of drug-likeness (QED) is 0.0807. The van der Waals surface area contributed by atoms with Crippen molar-refractivity contribution >= 4 is 94.8 Å². The van der Waals surface area contributed by atoms with Gasteiger partial charge in [0.25, 0.3) is 0 Å².